The van der Waals surface area contributed by atoms with Gasteiger partial charge in [0.15, 0.2) is 12.4 Å². The fourth-order valence-electron chi connectivity index (χ4n) is 1.45. The predicted molar refractivity (Wildman–Crippen MR) is 68.0 cm³/mol. The first-order chi connectivity index (χ1) is 9.10. The quantitative estimate of drug-likeness (QED) is 0.904. The number of carbonyl (C=O) groups excluding carboxylic acids is 1. The molecule has 1 amide bonds. The second kappa shape index (κ2) is 5.71. The number of benzene rings is 1. The molecule has 1 aromatic heterocycles. The molecule has 0 aliphatic heterocycles. The van der Waals surface area contributed by atoms with Crippen molar-refractivity contribution in [3.63, 3.8) is 0 Å². The lowest BCUT2D eigenvalue weighted by atomic mass is 10.2. The molecule has 2 rings (SSSR count). The highest BCUT2D eigenvalue weighted by molar-refractivity contribution is 6.31. The van der Waals surface area contributed by atoms with Crippen molar-refractivity contribution in [1.29, 1.82) is 0 Å². The molecule has 0 aliphatic carbocycles. The van der Waals surface area contributed by atoms with E-state index in [4.69, 9.17) is 26.6 Å². The summed E-state index contributed by atoms with van der Waals surface area (Å²) in [6.45, 7) is 1.98. The highest BCUT2D eigenvalue weighted by Gasteiger charge is 2.12. The lowest BCUT2D eigenvalue weighted by Crippen LogP contribution is -2.13. The first-order valence-electron chi connectivity index (χ1n) is 5.63. The lowest BCUT2D eigenvalue weighted by molar-refractivity contribution is 0.0995. The van der Waals surface area contributed by atoms with E-state index in [0.717, 1.165) is 0 Å². The van der Waals surface area contributed by atoms with Crippen molar-refractivity contribution in [2.24, 2.45) is 5.73 Å². The smallest absolute Gasteiger partial charge is 0.264 e. The molecule has 0 saturated carbocycles. The molecule has 2 N–H and O–H groups in total. The Morgan fingerprint density at radius 3 is 2.95 bits per heavy atom. The minimum absolute atomic E-state index is 0.0644. The molecular formula is C12H12ClN3O3. The van der Waals surface area contributed by atoms with Crippen LogP contribution in [0, 0.1) is 0 Å². The minimum atomic E-state index is -0.614. The minimum Gasteiger partial charge on any atom is -0.483 e. The van der Waals surface area contributed by atoms with Gasteiger partial charge < -0.3 is 15.0 Å². The average Bonchev–Trinajstić information content (AvgIpc) is 2.85. The molecule has 0 unspecified atom stereocenters. The van der Waals surface area contributed by atoms with Crippen LogP contribution in [-0.2, 0) is 13.0 Å². The van der Waals surface area contributed by atoms with Crippen molar-refractivity contribution in [2.75, 3.05) is 0 Å². The number of nitrogens with two attached hydrogens (primary N) is 1. The van der Waals surface area contributed by atoms with E-state index in [2.05, 4.69) is 10.1 Å². The summed E-state index contributed by atoms with van der Waals surface area (Å²) < 4.78 is 10.4. The zero-order valence-corrected chi connectivity index (χ0v) is 11.0. The molecule has 0 saturated heterocycles. The van der Waals surface area contributed by atoms with Gasteiger partial charge in [0.2, 0.25) is 0 Å². The standard InChI is InChI=1S/C12H12ClN3O3/c1-2-10-15-11(19-16-10)6-18-9-4-3-7(13)5-8(9)12(14)17/h3-5H,2,6H2,1H3,(H2,14,17). The van der Waals surface area contributed by atoms with Crippen molar-refractivity contribution < 1.29 is 14.1 Å². The van der Waals surface area contributed by atoms with Crippen LogP contribution in [0.4, 0.5) is 0 Å². The van der Waals surface area contributed by atoms with Crippen LogP contribution >= 0.6 is 11.6 Å². The number of carbonyl (C=O) groups is 1. The largest absolute Gasteiger partial charge is 0.483 e. The van der Waals surface area contributed by atoms with E-state index in [1.807, 2.05) is 6.92 Å². The zero-order valence-electron chi connectivity index (χ0n) is 10.2. The van der Waals surface area contributed by atoms with Crippen molar-refractivity contribution in [2.45, 2.75) is 20.0 Å². The second-order valence-electron chi connectivity index (χ2n) is 3.75. The number of halogens is 1. The van der Waals surface area contributed by atoms with Gasteiger partial charge in [-0.2, -0.15) is 4.98 Å². The molecule has 0 atom stereocenters. The van der Waals surface area contributed by atoms with Gasteiger partial charge in [-0.1, -0.05) is 23.7 Å². The van der Waals surface area contributed by atoms with E-state index < -0.39 is 5.91 Å². The number of ether oxygens (including phenoxy) is 1. The number of amides is 1. The van der Waals surface area contributed by atoms with Gasteiger partial charge in [0.05, 0.1) is 5.56 Å². The summed E-state index contributed by atoms with van der Waals surface area (Å²) in [5.74, 6) is 0.650. The fraction of sp³-hybridized carbons (Fsp3) is 0.250. The maximum atomic E-state index is 11.3. The number of rotatable bonds is 5. The molecule has 100 valence electrons. The Kier molecular flexibility index (Phi) is 4.01. The summed E-state index contributed by atoms with van der Waals surface area (Å²) >= 11 is 5.80. The van der Waals surface area contributed by atoms with Gasteiger partial charge in [0.25, 0.3) is 11.8 Å². The number of hydrogen-bond donors (Lipinski definition) is 1. The Morgan fingerprint density at radius 2 is 2.32 bits per heavy atom. The SMILES string of the molecule is CCc1noc(COc2ccc(Cl)cc2C(N)=O)n1. The molecule has 6 nitrogen and oxygen atoms in total. The lowest BCUT2D eigenvalue weighted by Gasteiger charge is -2.07. The number of primary amides is 1. The van der Waals surface area contributed by atoms with Gasteiger partial charge >= 0.3 is 0 Å². The van der Waals surface area contributed by atoms with Crippen LogP contribution in [0.2, 0.25) is 5.02 Å². The molecule has 1 aromatic carbocycles. The third kappa shape index (κ3) is 3.23. The average molecular weight is 282 g/mol. The monoisotopic (exact) mass is 281 g/mol. The van der Waals surface area contributed by atoms with Crippen molar-refractivity contribution in [1.82, 2.24) is 10.1 Å². The molecule has 0 spiro atoms. The first-order valence-corrected chi connectivity index (χ1v) is 6.01. The van der Waals surface area contributed by atoms with Crippen LogP contribution in [0.1, 0.15) is 29.0 Å². The second-order valence-corrected chi connectivity index (χ2v) is 4.19. The third-order valence-corrected chi connectivity index (χ3v) is 2.62. The fourth-order valence-corrected chi connectivity index (χ4v) is 1.62. The predicted octanol–water partition coefficient (Wildman–Crippen LogP) is 1.96. The Balaban J connectivity index is 2.12. The van der Waals surface area contributed by atoms with Crippen molar-refractivity contribution >= 4 is 17.5 Å². The normalized spacial score (nSPS) is 10.4. The van der Waals surface area contributed by atoms with Crippen LogP contribution in [0.5, 0.6) is 5.75 Å². The van der Waals surface area contributed by atoms with E-state index in [1.165, 1.54) is 6.07 Å². The Morgan fingerprint density at radius 1 is 1.53 bits per heavy atom. The molecule has 0 aliphatic rings. The van der Waals surface area contributed by atoms with Crippen molar-refractivity contribution in [3.8, 4) is 5.75 Å². The number of nitrogens with zero attached hydrogens (tertiary/aromatic N) is 2. The Labute approximate surface area is 114 Å². The highest BCUT2D eigenvalue weighted by atomic mass is 35.5. The van der Waals surface area contributed by atoms with Crippen LogP contribution in [0.15, 0.2) is 22.7 Å². The number of hydrogen-bond acceptors (Lipinski definition) is 5. The first kappa shape index (κ1) is 13.4. The summed E-state index contributed by atoms with van der Waals surface area (Å²) in [6, 6.07) is 4.62. The molecule has 0 radical (unpaired) electrons. The van der Waals surface area contributed by atoms with E-state index in [-0.39, 0.29) is 12.2 Å². The van der Waals surface area contributed by atoms with E-state index in [1.54, 1.807) is 12.1 Å². The van der Waals surface area contributed by atoms with Crippen LogP contribution in [-0.4, -0.2) is 16.0 Å². The highest BCUT2D eigenvalue weighted by Crippen LogP contribution is 2.23. The van der Waals surface area contributed by atoms with Gasteiger partial charge in [-0.15, -0.1) is 0 Å². The molecule has 1 heterocycles. The summed E-state index contributed by atoms with van der Waals surface area (Å²) in [4.78, 5) is 15.4. The Bertz CT molecular complexity index is 598. The summed E-state index contributed by atoms with van der Waals surface area (Å²) in [7, 11) is 0. The van der Waals surface area contributed by atoms with Gasteiger partial charge in [-0.3, -0.25) is 4.79 Å². The van der Waals surface area contributed by atoms with Gasteiger partial charge in [0, 0.05) is 11.4 Å². The van der Waals surface area contributed by atoms with Gasteiger partial charge in [-0.05, 0) is 18.2 Å². The Hall–Kier alpha value is -2.08. The van der Waals surface area contributed by atoms with E-state index >= 15 is 0 Å². The van der Waals surface area contributed by atoms with Gasteiger partial charge in [0.1, 0.15) is 5.75 Å². The van der Waals surface area contributed by atoms with E-state index in [0.29, 0.717) is 28.9 Å². The van der Waals surface area contributed by atoms with Crippen LogP contribution in [0.3, 0.4) is 0 Å². The molecule has 19 heavy (non-hydrogen) atoms. The molecule has 0 bridgehead atoms. The van der Waals surface area contributed by atoms with E-state index in [9.17, 15) is 4.79 Å². The molecule has 7 heteroatoms. The summed E-state index contributed by atoms with van der Waals surface area (Å²) in [6.07, 6.45) is 0.678. The molecule has 0 fully saturated rings. The topological polar surface area (TPSA) is 91.2 Å². The summed E-state index contributed by atoms with van der Waals surface area (Å²) in [5.41, 5.74) is 5.46. The number of aryl methyl sites for hydroxylation is 1. The maximum Gasteiger partial charge on any atom is 0.264 e. The van der Waals surface area contributed by atoms with Crippen molar-refractivity contribution in [3.05, 3.63) is 40.5 Å². The molecule has 2 aromatic rings. The maximum absolute atomic E-state index is 11.3. The van der Waals surface area contributed by atoms with Crippen LogP contribution in [0.25, 0.3) is 0 Å². The number of aromatic nitrogens is 2. The molecular weight excluding hydrogens is 270 g/mol. The van der Waals surface area contributed by atoms with Crippen LogP contribution < -0.4 is 10.5 Å². The van der Waals surface area contributed by atoms with Gasteiger partial charge in [-0.25, -0.2) is 0 Å². The third-order valence-electron chi connectivity index (χ3n) is 2.38. The summed E-state index contributed by atoms with van der Waals surface area (Å²) in [5, 5.41) is 4.15. The zero-order chi connectivity index (χ0) is 13.8.